The minimum Gasteiger partial charge on any atom is -0.492 e. The van der Waals surface area contributed by atoms with Gasteiger partial charge >= 0.3 is 5.97 Å². The molecule has 1 rings (SSSR count). The quantitative estimate of drug-likeness (QED) is 0.0400. The predicted molar refractivity (Wildman–Crippen MR) is 215 cm³/mol. The van der Waals surface area contributed by atoms with Gasteiger partial charge in [0, 0.05) is 0 Å². The normalized spacial score (nSPS) is 11.8. The van der Waals surface area contributed by atoms with Crippen molar-refractivity contribution in [3.8, 4) is 11.5 Å². The van der Waals surface area contributed by atoms with Gasteiger partial charge in [0.1, 0.15) is 16.0 Å². The van der Waals surface area contributed by atoms with Gasteiger partial charge in [-0.3, -0.25) is 0 Å². The van der Waals surface area contributed by atoms with Gasteiger partial charge in [0.05, 0.1) is 25.9 Å². The maximum Gasteiger partial charge on any atom is 0.338 e. The second-order valence-electron chi connectivity index (χ2n) is 13.5. The molecule has 4 nitrogen and oxygen atoms in total. The number of esters is 1. The van der Waals surface area contributed by atoms with Crippen LogP contribution in [0.15, 0.2) is 53.1 Å². The number of carbonyl (C=O) groups excluding carboxylic acids is 1. The van der Waals surface area contributed by atoms with Crippen LogP contribution >= 0.6 is 15.9 Å². The lowest BCUT2D eigenvalue weighted by molar-refractivity contribution is 0.0599. The summed E-state index contributed by atoms with van der Waals surface area (Å²) in [5.74, 6) is 0.900. The van der Waals surface area contributed by atoms with Crippen LogP contribution in [0.1, 0.15) is 191 Å². The first kappa shape index (κ1) is 45.0. The van der Waals surface area contributed by atoms with Gasteiger partial charge in [-0.05, 0) is 98.7 Å². The summed E-state index contributed by atoms with van der Waals surface area (Å²) in [6, 6.07) is 3.51. The first-order valence-electron chi connectivity index (χ1n) is 20.3. The summed E-state index contributed by atoms with van der Waals surface area (Å²) < 4.78 is 18.0. The molecule has 1 aromatic carbocycles. The van der Waals surface area contributed by atoms with Crippen molar-refractivity contribution in [3.63, 3.8) is 0 Å². The van der Waals surface area contributed by atoms with Crippen molar-refractivity contribution in [2.24, 2.45) is 0 Å². The van der Waals surface area contributed by atoms with E-state index in [1.807, 2.05) is 0 Å². The van der Waals surface area contributed by atoms with Gasteiger partial charge in [0.2, 0.25) is 0 Å². The Hall–Kier alpha value is -2.01. The molecule has 0 aliphatic rings. The number of carbonyl (C=O) groups is 1. The minimum atomic E-state index is -0.381. The van der Waals surface area contributed by atoms with Crippen LogP contribution in [0.5, 0.6) is 11.5 Å². The average Bonchev–Trinajstić information content (AvgIpc) is 3.11. The van der Waals surface area contributed by atoms with Gasteiger partial charge in [-0.1, -0.05) is 147 Å². The van der Waals surface area contributed by atoms with E-state index in [4.69, 9.17) is 14.2 Å². The second kappa shape index (κ2) is 34.4. The van der Waals surface area contributed by atoms with E-state index in [1.165, 1.54) is 142 Å². The number of hydrogen-bond donors (Lipinski definition) is 0. The molecule has 0 saturated carbocycles. The van der Waals surface area contributed by atoms with E-state index in [2.05, 4.69) is 66.2 Å². The van der Waals surface area contributed by atoms with Crippen molar-refractivity contribution in [2.45, 2.75) is 181 Å². The van der Waals surface area contributed by atoms with Crippen molar-refractivity contribution in [1.29, 1.82) is 0 Å². The smallest absolute Gasteiger partial charge is 0.338 e. The molecular formula is C44H73BrO4. The number of benzene rings is 1. The molecule has 0 radical (unpaired) electrons. The highest BCUT2D eigenvalue weighted by molar-refractivity contribution is 9.10. The highest BCUT2D eigenvalue weighted by Crippen LogP contribution is 2.36. The Morgan fingerprint density at radius 2 is 0.878 bits per heavy atom. The van der Waals surface area contributed by atoms with E-state index < -0.39 is 0 Å². The van der Waals surface area contributed by atoms with Crippen LogP contribution < -0.4 is 9.47 Å². The fourth-order valence-corrected chi connectivity index (χ4v) is 6.28. The van der Waals surface area contributed by atoms with Gasteiger partial charge in [-0.15, -0.1) is 0 Å². The van der Waals surface area contributed by atoms with E-state index in [9.17, 15) is 4.79 Å². The van der Waals surface area contributed by atoms with Gasteiger partial charge in [0.25, 0.3) is 0 Å². The SMILES string of the molecule is CCCCC/C=C\C/C=C\CCCCCCCCOc1cc(C(=O)OC)cc(OCCCCCCCC/C=C\CCCCCCCC)c1Br. The zero-order valence-electron chi connectivity index (χ0n) is 31.9. The number of methoxy groups -OCH3 is 1. The Kier molecular flexibility index (Phi) is 31.6. The molecule has 0 aromatic heterocycles. The molecule has 0 fully saturated rings. The Labute approximate surface area is 311 Å². The molecule has 0 saturated heterocycles. The van der Waals surface area contributed by atoms with Crippen molar-refractivity contribution >= 4 is 21.9 Å². The summed E-state index contributed by atoms with van der Waals surface area (Å²) in [4.78, 5) is 12.3. The van der Waals surface area contributed by atoms with E-state index in [0.717, 1.165) is 36.6 Å². The number of ether oxygens (including phenoxy) is 3. The topological polar surface area (TPSA) is 44.8 Å². The number of allylic oxidation sites excluding steroid dienone is 6. The Morgan fingerprint density at radius 1 is 0.531 bits per heavy atom. The summed E-state index contributed by atoms with van der Waals surface area (Å²) in [5.41, 5.74) is 0.453. The van der Waals surface area contributed by atoms with Crippen molar-refractivity contribution in [3.05, 3.63) is 58.6 Å². The third kappa shape index (κ3) is 26.5. The summed E-state index contributed by atoms with van der Waals surface area (Å²) >= 11 is 3.67. The number of hydrogen-bond acceptors (Lipinski definition) is 4. The monoisotopic (exact) mass is 744 g/mol. The average molecular weight is 746 g/mol. The van der Waals surface area contributed by atoms with Gasteiger partial charge in [0.15, 0.2) is 0 Å². The molecule has 5 heteroatoms. The Balaban J connectivity index is 2.19. The zero-order chi connectivity index (χ0) is 35.5. The van der Waals surface area contributed by atoms with Gasteiger partial charge < -0.3 is 14.2 Å². The molecule has 280 valence electrons. The summed E-state index contributed by atoms with van der Waals surface area (Å²) in [6.45, 7) is 5.77. The lowest BCUT2D eigenvalue weighted by atomic mass is 10.1. The van der Waals surface area contributed by atoms with Crippen LogP contribution in [0.25, 0.3) is 0 Å². The first-order valence-corrected chi connectivity index (χ1v) is 21.1. The molecule has 0 spiro atoms. The maximum atomic E-state index is 12.3. The number of halogens is 1. The van der Waals surface area contributed by atoms with E-state index in [0.29, 0.717) is 30.3 Å². The molecule has 49 heavy (non-hydrogen) atoms. The van der Waals surface area contributed by atoms with Crippen LogP contribution in [0.2, 0.25) is 0 Å². The van der Waals surface area contributed by atoms with Crippen molar-refractivity contribution < 1.29 is 19.0 Å². The zero-order valence-corrected chi connectivity index (χ0v) is 33.5. The Morgan fingerprint density at radius 3 is 1.31 bits per heavy atom. The molecule has 0 heterocycles. The summed E-state index contributed by atoms with van der Waals surface area (Å²) in [5, 5.41) is 0. The third-order valence-corrected chi connectivity index (χ3v) is 9.72. The maximum absolute atomic E-state index is 12.3. The highest BCUT2D eigenvalue weighted by Gasteiger charge is 2.16. The van der Waals surface area contributed by atoms with E-state index in [1.54, 1.807) is 12.1 Å². The lowest BCUT2D eigenvalue weighted by Crippen LogP contribution is -2.06. The van der Waals surface area contributed by atoms with Crippen LogP contribution in [0.3, 0.4) is 0 Å². The van der Waals surface area contributed by atoms with Crippen LogP contribution in [-0.2, 0) is 4.74 Å². The number of rotatable bonds is 34. The predicted octanol–water partition coefficient (Wildman–Crippen LogP) is 14.8. The first-order chi connectivity index (χ1) is 24.1. The molecule has 0 N–H and O–H groups in total. The standard InChI is InChI=1S/C44H73BrO4/c1-4-6-8-10-12-14-16-18-20-22-24-26-28-30-32-34-36-48-41-38-40(44(46)47-3)39-42(43(41)45)49-37-35-33-31-29-27-25-23-21-19-17-15-13-11-9-7-5-2/h12,14,18-21,38-39H,4-11,13,15-17,22-37H2,1-3H3/b14-12-,20-18-,21-19-. The van der Waals surface area contributed by atoms with Crippen LogP contribution in [0.4, 0.5) is 0 Å². The lowest BCUT2D eigenvalue weighted by Gasteiger charge is -2.15. The largest absolute Gasteiger partial charge is 0.492 e. The minimum absolute atomic E-state index is 0.381. The molecule has 0 aliphatic heterocycles. The van der Waals surface area contributed by atoms with Crippen molar-refractivity contribution in [2.75, 3.05) is 20.3 Å². The fraction of sp³-hybridized carbons (Fsp3) is 0.705. The molecule has 0 bridgehead atoms. The summed E-state index contributed by atoms with van der Waals surface area (Å²) in [6.07, 6.45) is 46.6. The highest BCUT2D eigenvalue weighted by atomic mass is 79.9. The molecule has 1 aromatic rings. The van der Waals surface area contributed by atoms with Gasteiger partial charge in [-0.25, -0.2) is 4.79 Å². The van der Waals surface area contributed by atoms with Crippen LogP contribution in [-0.4, -0.2) is 26.3 Å². The van der Waals surface area contributed by atoms with Crippen molar-refractivity contribution in [1.82, 2.24) is 0 Å². The molecular weight excluding hydrogens is 672 g/mol. The van der Waals surface area contributed by atoms with E-state index in [-0.39, 0.29) is 5.97 Å². The second-order valence-corrected chi connectivity index (χ2v) is 14.3. The molecule has 0 aliphatic carbocycles. The summed E-state index contributed by atoms with van der Waals surface area (Å²) in [7, 11) is 1.41. The van der Waals surface area contributed by atoms with Crippen LogP contribution in [0, 0.1) is 0 Å². The fourth-order valence-electron chi connectivity index (χ4n) is 5.82. The van der Waals surface area contributed by atoms with Gasteiger partial charge in [-0.2, -0.15) is 0 Å². The molecule has 0 amide bonds. The Bertz CT molecular complexity index is 999. The molecule has 0 unspecified atom stereocenters. The van der Waals surface area contributed by atoms with E-state index >= 15 is 0 Å². The third-order valence-electron chi connectivity index (χ3n) is 8.94. The number of unbranched alkanes of at least 4 members (excludes halogenated alkanes) is 21. The molecule has 0 atom stereocenters.